The van der Waals surface area contributed by atoms with Gasteiger partial charge in [-0.1, -0.05) is 24.6 Å². The summed E-state index contributed by atoms with van der Waals surface area (Å²) < 4.78 is 36.7. The van der Waals surface area contributed by atoms with Gasteiger partial charge >= 0.3 is 0 Å². The van der Waals surface area contributed by atoms with E-state index >= 15 is 0 Å². The molecular weight excluding hydrogens is 404 g/mol. The summed E-state index contributed by atoms with van der Waals surface area (Å²) in [6.45, 7) is 6.42. The second-order valence-corrected chi connectivity index (χ2v) is 9.33. The molecule has 0 fully saturated rings. The molecule has 0 saturated carbocycles. The Hall–Kier alpha value is -2.58. The molecule has 0 saturated heterocycles. The summed E-state index contributed by atoms with van der Waals surface area (Å²) in [6.07, 6.45) is -0.0381. The van der Waals surface area contributed by atoms with E-state index in [-0.39, 0.29) is 17.4 Å². The summed E-state index contributed by atoms with van der Waals surface area (Å²) in [6, 6.07) is 12.0. The van der Waals surface area contributed by atoms with Gasteiger partial charge in [0.05, 0.1) is 11.4 Å². The normalized spacial score (nSPS) is 12.5. The number of hydrogen-bond donors (Lipinski definition) is 1. The average Bonchev–Trinajstić information content (AvgIpc) is 2.70. The molecule has 2 rings (SSSR count). The van der Waals surface area contributed by atoms with Gasteiger partial charge in [0.25, 0.3) is 5.91 Å². The van der Waals surface area contributed by atoms with Gasteiger partial charge in [-0.3, -0.25) is 4.79 Å². The van der Waals surface area contributed by atoms with Gasteiger partial charge < -0.3 is 14.8 Å². The van der Waals surface area contributed by atoms with Crippen LogP contribution in [0.2, 0.25) is 0 Å². The first kappa shape index (κ1) is 23.7. The Bertz CT molecular complexity index is 956. The highest BCUT2D eigenvalue weighted by molar-refractivity contribution is 7.89. The molecule has 0 aliphatic heterocycles. The third-order valence-corrected chi connectivity index (χ3v) is 6.36. The molecule has 2 aromatic carbocycles. The summed E-state index contributed by atoms with van der Waals surface area (Å²) in [5.74, 6) is 1.03. The van der Waals surface area contributed by atoms with Crippen LogP contribution in [0.25, 0.3) is 0 Å². The van der Waals surface area contributed by atoms with Crippen LogP contribution in [-0.2, 0) is 14.8 Å². The van der Waals surface area contributed by atoms with Crippen molar-refractivity contribution in [1.82, 2.24) is 9.62 Å². The van der Waals surface area contributed by atoms with Gasteiger partial charge in [-0.2, -0.15) is 0 Å². The van der Waals surface area contributed by atoms with Gasteiger partial charge in [-0.15, -0.1) is 0 Å². The van der Waals surface area contributed by atoms with Crippen molar-refractivity contribution in [3.63, 3.8) is 0 Å². The van der Waals surface area contributed by atoms with E-state index in [9.17, 15) is 13.2 Å². The van der Waals surface area contributed by atoms with E-state index in [1.807, 2.05) is 39.0 Å². The number of hydrogen-bond acceptors (Lipinski definition) is 5. The highest BCUT2D eigenvalue weighted by atomic mass is 32.2. The number of nitrogens with zero attached hydrogens (tertiary/aromatic N) is 1. The van der Waals surface area contributed by atoms with Crippen molar-refractivity contribution in [2.45, 2.75) is 38.2 Å². The molecule has 30 heavy (non-hydrogen) atoms. The maximum absolute atomic E-state index is 12.4. The predicted molar refractivity (Wildman–Crippen MR) is 116 cm³/mol. The van der Waals surface area contributed by atoms with Crippen LogP contribution in [-0.4, -0.2) is 52.0 Å². The van der Waals surface area contributed by atoms with Crippen LogP contribution in [0, 0.1) is 13.8 Å². The van der Waals surface area contributed by atoms with Crippen molar-refractivity contribution < 1.29 is 22.7 Å². The lowest BCUT2D eigenvalue weighted by Gasteiger charge is -2.19. The van der Waals surface area contributed by atoms with Crippen molar-refractivity contribution in [3.8, 4) is 11.5 Å². The van der Waals surface area contributed by atoms with E-state index in [1.54, 1.807) is 12.1 Å². The lowest BCUT2D eigenvalue weighted by molar-refractivity contribution is -0.128. The fourth-order valence-corrected chi connectivity index (χ4v) is 3.68. The van der Waals surface area contributed by atoms with Crippen LogP contribution < -0.4 is 14.8 Å². The number of sulfonamides is 1. The lowest BCUT2D eigenvalue weighted by atomic mass is 10.1. The molecule has 1 unspecified atom stereocenters. The van der Waals surface area contributed by atoms with Crippen molar-refractivity contribution in [2.75, 3.05) is 27.2 Å². The minimum atomic E-state index is -3.47. The number of ether oxygens (including phenoxy) is 2. The zero-order valence-electron chi connectivity index (χ0n) is 18.1. The van der Waals surface area contributed by atoms with E-state index in [0.717, 1.165) is 15.4 Å². The van der Waals surface area contributed by atoms with Gasteiger partial charge in [0.2, 0.25) is 10.0 Å². The van der Waals surface area contributed by atoms with Crippen molar-refractivity contribution >= 4 is 15.9 Å². The molecular formula is C22H30N2O5S. The molecule has 0 spiro atoms. The van der Waals surface area contributed by atoms with Gasteiger partial charge in [0.15, 0.2) is 6.10 Å². The summed E-state index contributed by atoms with van der Waals surface area (Å²) in [7, 11) is -0.503. The average molecular weight is 435 g/mol. The molecule has 1 amide bonds. The highest BCUT2D eigenvalue weighted by Crippen LogP contribution is 2.21. The molecule has 8 heteroatoms. The van der Waals surface area contributed by atoms with Crippen molar-refractivity contribution in [2.24, 2.45) is 0 Å². The summed E-state index contributed by atoms with van der Waals surface area (Å²) in [5.41, 5.74) is 2.13. The van der Waals surface area contributed by atoms with Crippen molar-refractivity contribution in [3.05, 3.63) is 53.6 Å². The maximum atomic E-state index is 12.4. The molecule has 0 aliphatic carbocycles. The van der Waals surface area contributed by atoms with Gasteiger partial charge in [-0.05, 0) is 56.2 Å². The van der Waals surface area contributed by atoms with Crippen LogP contribution in [0.3, 0.4) is 0 Å². The monoisotopic (exact) mass is 434 g/mol. The van der Waals surface area contributed by atoms with Gasteiger partial charge in [0, 0.05) is 14.1 Å². The minimum absolute atomic E-state index is 0.197. The number of aryl methyl sites for hydroxylation is 2. The number of carbonyl (C=O) groups excluding carboxylic acids is 1. The van der Waals surface area contributed by atoms with Crippen LogP contribution >= 0.6 is 0 Å². The van der Waals surface area contributed by atoms with Crippen molar-refractivity contribution in [1.29, 1.82) is 0 Å². The predicted octanol–water partition coefficient (Wildman–Crippen LogP) is 2.91. The largest absolute Gasteiger partial charge is 0.492 e. The van der Waals surface area contributed by atoms with E-state index in [1.165, 1.54) is 26.2 Å². The van der Waals surface area contributed by atoms with E-state index in [4.69, 9.17) is 9.47 Å². The van der Waals surface area contributed by atoms with Gasteiger partial charge in [-0.25, -0.2) is 12.7 Å². The molecule has 7 nitrogen and oxygen atoms in total. The lowest BCUT2D eigenvalue weighted by Crippen LogP contribution is -2.39. The fourth-order valence-electron chi connectivity index (χ4n) is 2.78. The topological polar surface area (TPSA) is 84.9 Å². The molecule has 2 aromatic rings. The Kier molecular flexibility index (Phi) is 8.25. The quantitative estimate of drug-likeness (QED) is 0.581. The Morgan fingerprint density at radius 1 is 1.10 bits per heavy atom. The number of rotatable bonds is 10. The fraction of sp³-hybridized carbons (Fsp3) is 0.409. The Morgan fingerprint density at radius 2 is 1.77 bits per heavy atom. The second-order valence-electron chi connectivity index (χ2n) is 7.18. The first-order valence-electron chi connectivity index (χ1n) is 9.82. The molecule has 0 aromatic heterocycles. The Morgan fingerprint density at radius 3 is 2.33 bits per heavy atom. The molecule has 1 N–H and O–H groups in total. The molecule has 0 heterocycles. The van der Waals surface area contributed by atoms with Crippen LogP contribution in [0.15, 0.2) is 47.4 Å². The van der Waals surface area contributed by atoms with E-state index in [0.29, 0.717) is 24.5 Å². The number of carbonyl (C=O) groups is 1. The zero-order chi connectivity index (χ0) is 22.3. The molecule has 0 aliphatic rings. The van der Waals surface area contributed by atoms with Crippen LogP contribution in [0.5, 0.6) is 11.5 Å². The molecule has 1 atom stereocenters. The zero-order valence-corrected chi connectivity index (χ0v) is 19.0. The van der Waals surface area contributed by atoms with Crippen LogP contribution in [0.4, 0.5) is 0 Å². The van der Waals surface area contributed by atoms with Gasteiger partial charge in [0.1, 0.15) is 18.1 Å². The van der Waals surface area contributed by atoms with E-state index < -0.39 is 16.1 Å². The maximum Gasteiger partial charge on any atom is 0.261 e. The Labute approximate surface area is 179 Å². The Balaban J connectivity index is 1.83. The third-order valence-electron chi connectivity index (χ3n) is 4.54. The summed E-state index contributed by atoms with van der Waals surface area (Å²) in [5, 5.41) is 2.81. The summed E-state index contributed by atoms with van der Waals surface area (Å²) >= 11 is 0. The summed E-state index contributed by atoms with van der Waals surface area (Å²) in [4.78, 5) is 12.6. The smallest absolute Gasteiger partial charge is 0.261 e. The standard InChI is InChI=1S/C22H30N2O5S/c1-6-20(29-21-12-7-16(2)15-17(21)3)22(25)23-13-14-28-18-8-10-19(11-9-18)30(26,27)24(4)5/h7-12,15,20H,6,13-14H2,1-5H3,(H,23,25). The van der Waals surface area contributed by atoms with Crippen LogP contribution in [0.1, 0.15) is 24.5 Å². The second kappa shape index (κ2) is 10.4. The third kappa shape index (κ3) is 6.21. The molecule has 0 bridgehead atoms. The van der Waals surface area contributed by atoms with E-state index in [2.05, 4.69) is 5.32 Å². The SMILES string of the molecule is CCC(Oc1ccc(C)cc1C)C(=O)NCCOc1ccc(S(=O)(=O)N(C)C)cc1. The number of benzene rings is 2. The first-order chi connectivity index (χ1) is 14.1. The highest BCUT2D eigenvalue weighted by Gasteiger charge is 2.19. The number of amides is 1. The first-order valence-corrected chi connectivity index (χ1v) is 11.3. The number of nitrogens with one attached hydrogen (secondary N) is 1. The molecule has 164 valence electrons. The molecule has 0 radical (unpaired) electrons. The minimum Gasteiger partial charge on any atom is -0.492 e.